The van der Waals surface area contributed by atoms with Crippen molar-refractivity contribution in [1.82, 2.24) is 20.5 Å². The lowest BCUT2D eigenvalue weighted by Crippen LogP contribution is -2.57. The zero-order chi connectivity index (χ0) is 19.4. The molecular formula is C18H28Cl2F3N5O. The van der Waals surface area contributed by atoms with Gasteiger partial charge in [0.1, 0.15) is 11.9 Å². The van der Waals surface area contributed by atoms with Crippen molar-refractivity contribution < 1.29 is 18.0 Å². The number of carbonyl (C=O) groups is 1. The number of hydrogen-bond acceptors (Lipinski definition) is 5. The molecule has 2 unspecified atom stereocenters. The number of nitrogens with zero attached hydrogens (tertiary/aromatic N) is 3. The van der Waals surface area contributed by atoms with Crippen LogP contribution in [0.25, 0.3) is 0 Å². The van der Waals surface area contributed by atoms with E-state index in [1.54, 1.807) is 6.07 Å². The van der Waals surface area contributed by atoms with E-state index in [0.29, 0.717) is 43.5 Å². The number of halogens is 5. The topological polar surface area (TPSA) is 60.5 Å². The van der Waals surface area contributed by atoms with Crippen molar-refractivity contribution in [2.24, 2.45) is 5.92 Å². The third-order valence-electron chi connectivity index (χ3n) is 5.18. The third-order valence-corrected chi connectivity index (χ3v) is 5.18. The molecule has 1 amide bonds. The minimum atomic E-state index is -4.39. The van der Waals surface area contributed by atoms with Gasteiger partial charge in [0, 0.05) is 57.6 Å². The fraction of sp³-hybridized carbons (Fsp3) is 0.667. The quantitative estimate of drug-likeness (QED) is 0.710. The molecule has 0 aliphatic carbocycles. The van der Waals surface area contributed by atoms with Crippen molar-refractivity contribution in [3.8, 4) is 0 Å². The van der Waals surface area contributed by atoms with E-state index in [1.807, 2.05) is 0 Å². The number of pyridine rings is 1. The summed E-state index contributed by atoms with van der Waals surface area (Å²) in [6, 6.07) is 1.51. The lowest BCUT2D eigenvalue weighted by Gasteiger charge is -2.35. The van der Waals surface area contributed by atoms with Gasteiger partial charge in [-0.25, -0.2) is 4.98 Å². The van der Waals surface area contributed by atoms with Crippen molar-refractivity contribution in [1.29, 1.82) is 0 Å². The zero-order valence-electron chi connectivity index (χ0n) is 16.2. The minimum absolute atomic E-state index is 0. The number of anilines is 1. The molecule has 1 aromatic heterocycles. The Morgan fingerprint density at radius 2 is 2.00 bits per heavy atom. The smallest absolute Gasteiger partial charge is 0.356 e. The highest BCUT2D eigenvalue weighted by molar-refractivity contribution is 5.94. The molecule has 2 atom stereocenters. The summed E-state index contributed by atoms with van der Waals surface area (Å²) >= 11 is 0. The first-order valence-electron chi connectivity index (χ1n) is 9.35. The highest BCUT2D eigenvalue weighted by atomic mass is 35.5. The molecule has 29 heavy (non-hydrogen) atoms. The fourth-order valence-electron chi connectivity index (χ4n) is 3.61. The number of carbonyl (C=O) groups excluding carboxylic acids is 1. The molecule has 11 heteroatoms. The second-order valence-corrected chi connectivity index (χ2v) is 7.30. The van der Waals surface area contributed by atoms with Crippen LogP contribution in [-0.4, -0.2) is 73.8 Å². The van der Waals surface area contributed by atoms with Crippen LogP contribution in [0.4, 0.5) is 19.0 Å². The summed E-state index contributed by atoms with van der Waals surface area (Å²) in [5.41, 5.74) is 0.334. The first kappa shape index (κ1) is 25.7. The number of amides is 1. The molecule has 2 N–H and O–H groups in total. The molecule has 2 fully saturated rings. The predicted octanol–water partition coefficient (Wildman–Crippen LogP) is 2.34. The Hall–Kier alpha value is -1.29. The van der Waals surface area contributed by atoms with Crippen molar-refractivity contribution in [3.05, 3.63) is 23.9 Å². The molecule has 0 saturated carbocycles. The van der Waals surface area contributed by atoms with E-state index < -0.39 is 24.7 Å². The van der Waals surface area contributed by atoms with E-state index in [4.69, 9.17) is 0 Å². The number of alkyl halides is 3. The molecule has 3 heterocycles. The Kier molecular flexibility index (Phi) is 9.94. The van der Waals surface area contributed by atoms with Crippen molar-refractivity contribution in [2.75, 3.05) is 50.7 Å². The summed E-state index contributed by atoms with van der Waals surface area (Å²) in [6.45, 7) is 5.10. The van der Waals surface area contributed by atoms with Crippen LogP contribution in [0, 0.1) is 5.92 Å². The Labute approximate surface area is 181 Å². The van der Waals surface area contributed by atoms with Crippen molar-refractivity contribution in [3.63, 3.8) is 0 Å². The maximum Gasteiger partial charge on any atom is 0.405 e. The molecule has 0 aromatic carbocycles. The first-order chi connectivity index (χ1) is 12.8. The standard InChI is InChI=1S/C18H26F3N5O.2ClH/c1-13-3-7-26(12-13)16-10-14(2-4-23-16)17(27)24-11-15(18(19,20)21)25-8-5-22-6-9-25;;/h2,4,10,13,15,22H,3,5-9,11-12H2,1H3,(H,24,27);2*1H. The number of rotatable bonds is 5. The molecule has 0 spiro atoms. The molecule has 3 rings (SSSR count). The number of hydrogen-bond donors (Lipinski definition) is 2. The lowest BCUT2D eigenvalue weighted by molar-refractivity contribution is -0.183. The van der Waals surface area contributed by atoms with E-state index in [1.165, 1.54) is 17.2 Å². The molecule has 2 aliphatic rings. The zero-order valence-corrected chi connectivity index (χ0v) is 17.9. The van der Waals surface area contributed by atoms with Crippen LogP contribution in [0.3, 0.4) is 0 Å². The van der Waals surface area contributed by atoms with Crippen LogP contribution in [-0.2, 0) is 0 Å². The maximum absolute atomic E-state index is 13.4. The average Bonchev–Trinajstić information content (AvgIpc) is 3.08. The molecule has 166 valence electrons. The molecule has 1 aromatic rings. The van der Waals surface area contributed by atoms with E-state index in [-0.39, 0.29) is 24.8 Å². The van der Waals surface area contributed by atoms with Crippen molar-refractivity contribution in [2.45, 2.75) is 25.6 Å². The van der Waals surface area contributed by atoms with Crippen LogP contribution in [0.1, 0.15) is 23.7 Å². The normalized spacial score (nSPS) is 21.1. The van der Waals surface area contributed by atoms with Gasteiger partial charge >= 0.3 is 6.18 Å². The second kappa shape index (κ2) is 11.2. The predicted molar refractivity (Wildman–Crippen MR) is 111 cm³/mol. The minimum Gasteiger partial charge on any atom is -0.356 e. The highest BCUT2D eigenvalue weighted by Crippen LogP contribution is 2.25. The van der Waals surface area contributed by atoms with Crippen LogP contribution in [0.15, 0.2) is 18.3 Å². The summed E-state index contributed by atoms with van der Waals surface area (Å²) in [7, 11) is 0. The van der Waals surface area contributed by atoms with Gasteiger partial charge in [-0.3, -0.25) is 9.69 Å². The van der Waals surface area contributed by atoms with Crippen LogP contribution >= 0.6 is 24.8 Å². The molecular weight excluding hydrogens is 430 g/mol. The summed E-state index contributed by atoms with van der Waals surface area (Å²) < 4.78 is 40.3. The molecule has 2 saturated heterocycles. The Bertz CT molecular complexity index is 659. The van der Waals surface area contributed by atoms with Gasteiger partial charge in [-0.15, -0.1) is 24.8 Å². The van der Waals surface area contributed by atoms with Gasteiger partial charge in [-0.2, -0.15) is 13.2 Å². The van der Waals surface area contributed by atoms with E-state index in [2.05, 4.69) is 27.4 Å². The Balaban J connectivity index is 0.00000210. The summed E-state index contributed by atoms with van der Waals surface area (Å²) in [6.07, 6.45) is -1.79. The summed E-state index contributed by atoms with van der Waals surface area (Å²) in [5.74, 6) is 0.757. The monoisotopic (exact) mass is 457 g/mol. The molecule has 0 radical (unpaired) electrons. The first-order valence-corrected chi connectivity index (χ1v) is 9.35. The summed E-state index contributed by atoms with van der Waals surface area (Å²) in [5, 5.41) is 5.50. The van der Waals surface area contributed by atoms with E-state index >= 15 is 0 Å². The van der Waals surface area contributed by atoms with Gasteiger partial charge in [-0.1, -0.05) is 6.92 Å². The molecule has 0 bridgehead atoms. The molecule has 6 nitrogen and oxygen atoms in total. The number of piperazine rings is 1. The lowest BCUT2D eigenvalue weighted by atomic mass is 10.2. The third kappa shape index (κ3) is 6.87. The Morgan fingerprint density at radius 1 is 1.31 bits per heavy atom. The van der Waals surface area contributed by atoms with E-state index in [0.717, 1.165) is 19.5 Å². The molecule has 2 aliphatic heterocycles. The average molecular weight is 458 g/mol. The van der Waals surface area contributed by atoms with Crippen LogP contribution in [0.2, 0.25) is 0 Å². The number of nitrogens with one attached hydrogen (secondary N) is 2. The van der Waals surface area contributed by atoms with Gasteiger partial charge in [0.05, 0.1) is 0 Å². The van der Waals surface area contributed by atoms with Crippen LogP contribution < -0.4 is 15.5 Å². The van der Waals surface area contributed by atoms with Gasteiger partial charge in [0.2, 0.25) is 0 Å². The maximum atomic E-state index is 13.4. The summed E-state index contributed by atoms with van der Waals surface area (Å²) in [4.78, 5) is 20.2. The van der Waals surface area contributed by atoms with Crippen LogP contribution in [0.5, 0.6) is 0 Å². The highest BCUT2D eigenvalue weighted by Gasteiger charge is 2.43. The van der Waals surface area contributed by atoms with E-state index in [9.17, 15) is 18.0 Å². The largest absolute Gasteiger partial charge is 0.405 e. The van der Waals surface area contributed by atoms with Gasteiger partial charge in [0.25, 0.3) is 5.91 Å². The van der Waals surface area contributed by atoms with Crippen molar-refractivity contribution >= 4 is 36.5 Å². The van der Waals surface area contributed by atoms with Gasteiger partial charge in [0.15, 0.2) is 0 Å². The second-order valence-electron chi connectivity index (χ2n) is 7.30. The van der Waals surface area contributed by atoms with Gasteiger partial charge < -0.3 is 15.5 Å². The SMILES string of the molecule is CC1CCN(c2cc(C(=O)NCC(N3CCNCC3)C(F)(F)F)ccn2)C1.Cl.Cl. The van der Waals surface area contributed by atoms with Gasteiger partial charge in [-0.05, 0) is 24.5 Å². The fourth-order valence-corrected chi connectivity index (χ4v) is 3.61. The number of aromatic nitrogens is 1. The Morgan fingerprint density at radius 3 is 2.59 bits per heavy atom.